The van der Waals surface area contributed by atoms with Crippen molar-refractivity contribution in [2.75, 3.05) is 5.32 Å². The first kappa shape index (κ1) is 12.9. The lowest BCUT2D eigenvalue weighted by Gasteiger charge is -2.13. The summed E-state index contributed by atoms with van der Waals surface area (Å²) in [6.07, 6.45) is 6.73. The van der Waals surface area contributed by atoms with Crippen molar-refractivity contribution in [2.24, 2.45) is 0 Å². The molecule has 1 saturated carbocycles. The van der Waals surface area contributed by atoms with Gasteiger partial charge in [-0.1, -0.05) is 0 Å². The quantitative estimate of drug-likeness (QED) is 0.946. The number of nitrogens with zero attached hydrogens (tertiary/aromatic N) is 3. The average molecular weight is 300 g/mol. The van der Waals surface area contributed by atoms with Crippen LogP contribution in [0.4, 0.5) is 5.13 Å². The van der Waals surface area contributed by atoms with Crippen molar-refractivity contribution in [3.8, 4) is 0 Å². The summed E-state index contributed by atoms with van der Waals surface area (Å²) in [4.78, 5) is 16.7. The molecule has 6 heteroatoms. The van der Waals surface area contributed by atoms with Crippen molar-refractivity contribution in [1.29, 1.82) is 0 Å². The molecule has 0 unspecified atom stereocenters. The van der Waals surface area contributed by atoms with Gasteiger partial charge in [0.1, 0.15) is 0 Å². The van der Waals surface area contributed by atoms with Gasteiger partial charge in [0.25, 0.3) is 5.91 Å². The molecule has 0 aliphatic heterocycles. The Labute approximate surface area is 126 Å². The highest BCUT2D eigenvalue weighted by Gasteiger charge is 2.26. The molecule has 0 bridgehead atoms. The first-order valence-electron chi connectivity index (χ1n) is 7.42. The van der Waals surface area contributed by atoms with Crippen molar-refractivity contribution >= 4 is 22.4 Å². The van der Waals surface area contributed by atoms with Crippen LogP contribution in [-0.4, -0.2) is 21.1 Å². The maximum absolute atomic E-state index is 12.2. The molecule has 2 aromatic rings. The highest BCUT2D eigenvalue weighted by atomic mass is 32.1. The first-order valence-corrected chi connectivity index (χ1v) is 8.30. The van der Waals surface area contributed by atoms with Crippen LogP contribution in [-0.2, 0) is 12.8 Å². The number of hydrogen-bond donors (Lipinski definition) is 1. The summed E-state index contributed by atoms with van der Waals surface area (Å²) < 4.78 is 0. The van der Waals surface area contributed by atoms with E-state index < -0.39 is 0 Å². The van der Waals surface area contributed by atoms with Gasteiger partial charge in [-0.05, 0) is 50.2 Å². The van der Waals surface area contributed by atoms with E-state index in [0.29, 0.717) is 16.7 Å². The number of thiazole rings is 1. The normalized spacial score (nSPS) is 17.3. The van der Waals surface area contributed by atoms with Gasteiger partial charge in [0.15, 0.2) is 10.8 Å². The minimum Gasteiger partial charge on any atom is -0.296 e. The van der Waals surface area contributed by atoms with Crippen LogP contribution in [0.5, 0.6) is 0 Å². The van der Waals surface area contributed by atoms with E-state index in [1.54, 1.807) is 0 Å². The molecular weight excluding hydrogens is 284 g/mol. The van der Waals surface area contributed by atoms with Gasteiger partial charge in [0.2, 0.25) is 0 Å². The summed E-state index contributed by atoms with van der Waals surface area (Å²) in [5.41, 5.74) is 3.70. The van der Waals surface area contributed by atoms with Crippen LogP contribution >= 0.6 is 11.3 Å². The summed E-state index contributed by atoms with van der Waals surface area (Å²) in [7, 11) is 0. The summed E-state index contributed by atoms with van der Waals surface area (Å²) in [5.74, 6) is 0.392. The number of rotatable bonds is 3. The second kappa shape index (κ2) is 5.18. The molecule has 1 amide bonds. The van der Waals surface area contributed by atoms with E-state index in [1.165, 1.54) is 29.7 Å². The zero-order valence-corrected chi connectivity index (χ0v) is 12.4. The second-order valence-electron chi connectivity index (χ2n) is 5.71. The number of fused-ring (bicyclic) bond motifs is 1. The molecule has 1 N–H and O–H groups in total. The van der Waals surface area contributed by atoms with Crippen molar-refractivity contribution in [1.82, 2.24) is 15.2 Å². The van der Waals surface area contributed by atoms with Crippen LogP contribution in [0.2, 0.25) is 0 Å². The summed E-state index contributed by atoms with van der Waals surface area (Å²) >= 11 is 1.48. The molecule has 0 aromatic carbocycles. The second-order valence-corrected chi connectivity index (χ2v) is 6.57. The van der Waals surface area contributed by atoms with E-state index in [4.69, 9.17) is 0 Å². The maximum atomic E-state index is 12.2. The van der Waals surface area contributed by atoms with Crippen LogP contribution in [0, 0.1) is 0 Å². The minimum atomic E-state index is -0.215. The molecule has 0 radical (unpaired) electrons. The summed E-state index contributed by atoms with van der Waals surface area (Å²) in [5, 5.41) is 13.8. The number of aromatic nitrogens is 3. The monoisotopic (exact) mass is 300 g/mol. The molecule has 5 nitrogen and oxygen atoms in total. The largest absolute Gasteiger partial charge is 0.296 e. The van der Waals surface area contributed by atoms with Crippen molar-refractivity contribution < 1.29 is 4.79 Å². The zero-order chi connectivity index (χ0) is 14.2. The standard InChI is InChI=1S/C15H16N4OS/c20-14(17-15-16-13(8-21-15)9-5-6-9)12-7-10-3-1-2-4-11(10)18-19-12/h7-9H,1-6H2,(H,16,17,20). The Balaban J connectivity index is 1.50. The number of aryl methyl sites for hydroxylation is 2. The lowest BCUT2D eigenvalue weighted by Crippen LogP contribution is -2.17. The molecule has 0 spiro atoms. The van der Waals surface area contributed by atoms with E-state index in [0.717, 1.165) is 37.1 Å². The Bertz CT molecular complexity index is 693. The fourth-order valence-corrected chi connectivity index (χ4v) is 3.46. The number of nitrogens with one attached hydrogen (secondary N) is 1. The Hall–Kier alpha value is -1.82. The van der Waals surface area contributed by atoms with Crippen LogP contribution in [0.1, 0.15) is 59.0 Å². The first-order chi connectivity index (χ1) is 10.3. The number of carbonyl (C=O) groups excluding carboxylic acids is 1. The highest BCUT2D eigenvalue weighted by molar-refractivity contribution is 7.14. The number of anilines is 1. The van der Waals surface area contributed by atoms with Gasteiger partial charge in [-0.15, -0.1) is 16.4 Å². The van der Waals surface area contributed by atoms with Gasteiger partial charge >= 0.3 is 0 Å². The molecule has 2 heterocycles. The molecule has 0 atom stereocenters. The van der Waals surface area contributed by atoms with E-state index in [-0.39, 0.29) is 5.91 Å². The van der Waals surface area contributed by atoms with Gasteiger partial charge in [-0.2, -0.15) is 5.10 Å². The SMILES string of the molecule is O=C(Nc1nc(C2CC2)cs1)c1cc2c(nn1)CCCC2. The molecule has 2 aliphatic rings. The topological polar surface area (TPSA) is 67.8 Å². The van der Waals surface area contributed by atoms with E-state index >= 15 is 0 Å². The predicted molar refractivity (Wildman–Crippen MR) is 80.7 cm³/mol. The molecule has 2 aliphatic carbocycles. The van der Waals surface area contributed by atoms with Crippen LogP contribution < -0.4 is 5.32 Å². The Morgan fingerprint density at radius 2 is 2.10 bits per heavy atom. The fraction of sp³-hybridized carbons (Fsp3) is 0.467. The molecule has 0 saturated heterocycles. The van der Waals surface area contributed by atoms with Crippen LogP contribution in [0.3, 0.4) is 0 Å². The van der Waals surface area contributed by atoms with Gasteiger partial charge in [-0.25, -0.2) is 4.98 Å². The third-order valence-corrected chi connectivity index (χ3v) is 4.82. The Morgan fingerprint density at radius 3 is 2.95 bits per heavy atom. The number of carbonyl (C=O) groups is 1. The van der Waals surface area contributed by atoms with E-state index in [2.05, 4.69) is 20.5 Å². The number of hydrogen-bond acceptors (Lipinski definition) is 5. The average Bonchev–Trinajstić information content (AvgIpc) is 3.27. The van der Waals surface area contributed by atoms with E-state index in [9.17, 15) is 4.79 Å². The third kappa shape index (κ3) is 2.68. The lowest BCUT2D eigenvalue weighted by atomic mass is 9.96. The van der Waals surface area contributed by atoms with Crippen LogP contribution in [0.15, 0.2) is 11.4 Å². The zero-order valence-electron chi connectivity index (χ0n) is 11.6. The van der Waals surface area contributed by atoms with Gasteiger partial charge in [0.05, 0.1) is 11.4 Å². The predicted octanol–water partition coefficient (Wildman–Crippen LogP) is 2.94. The van der Waals surface area contributed by atoms with Gasteiger partial charge < -0.3 is 0 Å². The van der Waals surface area contributed by atoms with E-state index in [1.807, 2.05) is 11.4 Å². The molecule has 21 heavy (non-hydrogen) atoms. The molecule has 108 valence electrons. The van der Waals surface area contributed by atoms with Crippen molar-refractivity contribution in [3.63, 3.8) is 0 Å². The lowest BCUT2D eigenvalue weighted by molar-refractivity contribution is 0.102. The molecule has 1 fully saturated rings. The minimum absolute atomic E-state index is 0.215. The van der Waals surface area contributed by atoms with Crippen molar-refractivity contribution in [2.45, 2.75) is 44.4 Å². The Kier molecular flexibility index (Phi) is 3.18. The molecule has 2 aromatic heterocycles. The maximum Gasteiger partial charge on any atom is 0.277 e. The third-order valence-electron chi connectivity index (χ3n) is 4.04. The number of amides is 1. The Morgan fingerprint density at radius 1 is 1.24 bits per heavy atom. The highest BCUT2D eigenvalue weighted by Crippen LogP contribution is 2.40. The molecular formula is C15H16N4OS. The smallest absolute Gasteiger partial charge is 0.277 e. The fourth-order valence-electron chi connectivity index (χ4n) is 2.67. The van der Waals surface area contributed by atoms with Crippen LogP contribution in [0.25, 0.3) is 0 Å². The summed E-state index contributed by atoms with van der Waals surface area (Å²) in [6.45, 7) is 0. The van der Waals surface area contributed by atoms with Gasteiger partial charge in [0, 0.05) is 11.3 Å². The van der Waals surface area contributed by atoms with Crippen molar-refractivity contribution in [3.05, 3.63) is 34.1 Å². The summed E-state index contributed by atoms with van der Waals surface area (Å²) in [6, 6.07) is 1.88. The molecule has 4 rings (SSSR count). The van der Waals surface area contributed by atoms with Gasteiger partial charge in [-0.3, -0.25) is 10.1 Å².